The molecule has 1 saturated carbocycles. The predicted molar refractivity (Wildman–Crippen MR) is 131 cm³/mol. The second kappa shape index (κ2) is 11.7. The maximum absolute atomic E-state index is 12.1. The molecule has 1 amide bonds. The van der Waals surface area contributed by atoms with Gasteiger partial charge in [0.1, 0.15) is 17.3 Å². The van der Waals surface area contributed by atoms with Crippen LogP contribution in [0.15, 0.2) is 35.1 Å². The number of H-pyrrole nitrogens is 1. The zero-order chi connectivity index (χ0) is 23.7. The molecule has 1 aliphatic carbocycles. The molecule has 8 heteroatoms. The van der Waals surface area contributed by atoms with Crippen molar-refractivity contribution in [2.45, 2.75) is 71.8 Å². The molecule has 0 spiro atoms. The molecule has 1 aromatic rings. The Morgan fingerprint density at radius 3 is 2.59 bits per heavy atom. The van der Waals surface area contributed by atoms with Crippen molar-refractivity contribution in [3.63, 3.8) is 0 Å². The van der Waals surface area contributed by atoms with Gasteiger partial charge in [-0.2, -0.15) is 5.10 Å². The van der Waals surface area contributed by atoms with Gasteiger partial charge in [0.05, 0.1) is 0 Å². The SMILES string of the molecule is C\C=C/C(=N/C(=C/CC)N(C)CCCN(C)C(=O)OC(C)(C)C)Nc1cc(C2CC2)[nH]n1. The highest BCUT2D eigenvalue weighted by atomic mass is 16.6. The van der Waals surface area contributed by atoms with Crippen LogP contribution in [0.5, 0.6) is 0 Å². The Labute approximate surface area is 192 Å². The number of hydrogen-bond acceptors (Lipinski definition) is 5. The largest absolute Gasteiger partial charge is 0.444 e. The van der Waals surface area contributed by atoms with E-state index >= 15 is 0 Å². The summed E-state index contributed by atoms with van der Waals surface area (Å²) in [6.45, 7) is 11.1. The summed E-state index contributed by atoms with van der Waals surface area (Å²) in [6, 6.07) is 2.07. The molecule has 1 aliphatic rings. The molecule has 0 aromatic carbocycles. The van der Waals surface area contributed by atoms with Crippen molar-refractivity contribution in [1.29, 1.82) is 0 Å². The number of amides is 1. The van der Waals surface area contributed by atoms with E-state index in [4.69, 9.17) is 9.73 Å². The minimum absolute atomic E-state index is 0.299. The first kappa shape index (κ1) is 25.5. The first-order chi connectivity index (χ1) is 15.1. The lowest BCUT2D eigenvalue weighted by molar-refractivity contribution is 0.0295. The summed E-state index contributed by atoms with van der Waals surface area (Å²) in [5.74, 6) is 3.02. The van der Waals surface area contributed by atoms with Crippen LogP contribution in [0.4, 0.5) is 10.6 Å². The van der Waals surface area contributed by atoms with E-state index in [1.54, 1.807) is 11.9 Å². The Balaban J connectivity index is 1.97. The highest BCUT2D eigenvalue weighted by Gasteiger charge is 2.25. The maximum atomic E-state index is 12.1. The van der Waals surface area contributed by atoms with Gasteiger partial charge >= 0.3 is 6.09 Å². The first-order valence-corrected chi connectivity index (χ1v) is 11.5. The molecule has 178 valence electrons. The van der Waals surface area contributed by atoms with Gasteiger partial charge in [0.25, 0.3) is 0 Å². The first-order valence-electron chi connectivity index (χ1n) is 11.5. The van der Waals surface area contributed by atoms with E-state index in [0.29, 0.717) is 12.5 Å². The fourth-order valence-electron chi connectivity index (χ4n) is 3.08. The number of carbonyl (C=O) groups is 1. The van der Waals surface area contributed by atoms with Crippen LogP contribution < -0.4 is 5.32 Å². The Hall–Kier alpha value is -2.77. The smallest absolute Gasteiger partial charge is 0.410 e. The van der Waals surface area contributed by atoms with Gasteiger partial charge in [-0.1, -0.05) is 13.0 Å². The van der Waals surface area contributed by atoms with Crippen molar-refractivity contribution in [2.75, 3.05) is 32.5 Å². The number of aliphatic imine (C=N–C) groups is 1. The number of carbonyl (C=O) groups excluding carboxylic acids is 1. The number of aromatic nitrogens is 2. The van der Waals surface area contributed by atoms with E-state index in [-0.39, 0.29) is 6.09 Å². The number of hydrogen-bond donors (Lipinski definition) is 2. The average Bonchev–Trinajstić information content (AvgIpc) is 3.45. The standard InChI is InChI=1S/C24H40N6O2/c1-8-11-20(25-21-17-19(27-28-21)18-13-14-18)26-22(12-9-2)29(6)15-10-16-30(7)23(31)32-24(3,4)5/h8,11-12,17-18H,9-10,13-16H2,1-7H3,(H2,25,26,27,28)/b11-8-,22-12-. The van der Waals surface area contributed by atoms with Crippen LogP contribution in [-0.2, 0) is 4.74 Å². The maximum Gasteiger partial charge on any atom is 0.410 e. The molecule has 0 bridgehead atoms. The van der Waals surface area contributed by atoms with E-state index < -0.39 is 5.60 Å². The Bertz CT molecular complexity index is 830. The van der Waals surface area contributed by atoms with Crippen molar-refractivity contribution in [2.24, 2.45) is 4.99 Å². The molecule has 1 heterocycles. The van der Waals surface area contributed by atoms with Gasteiger partial charge < -0.3 is 19.9 Å². The summed E-state index contributed by atoms with van der Waals surface area (Å²) in [7, 11) is 3.79. The molecule has 2 rings (SSSR count). The zero-order valence-electron chi connectivity index (χ0n) is 20.7. The summed E-state index contributed by atoms with van der Waals surface area (Å²) < 4.78 is 5.42. The van der Waals surface area contributed by atoms with E-state index in [0.717, 1.165) is 36.9 Å². The van der Waals surface area contributed by atoms with Gasteiger partial charge in [0.2, 0.25) is 0 Å². The number of ether oxygens (including phenoxy) is 1. The molecule has 1 aromatic heterocycles. The summed E-state index contributed by atoms with van der Waals surface area (Å²) in [4.78, 5) is 20.7. The molecule has 0 radical (unpaired) electrons. The second-order valence-electron chi connectivity index (χ2n) is 9.25. The van der Waals surface area contributed by atoms with E-state index in [1.807, 2.05) is 46.9 Å². The minimum Gasteiger partial charge on any atom is -0.444 e. The van der Waals surface area contributed by atoms with Crippen LogP contribution in [0, 0.1) is 0 Å². The molecule has 0 unspecified atom stereocenters. The number of nitrogens with one attached hydrogen (secondary N) is 2. The van der Waals surface area contributed by atoms with Crippen molar-refractivity contribution in [3.8, 4) is 0 Å². The summed E-state index contributed by atoms with van der Waals surface area (Å²) >= 11 is 0. The topological polar surface area (TPSA) is 85.9 Å². The summed E-state index contributed by atoms with van der Waals surface area (Å²) in [6.07, 6.45) is 9.84. The van der Waals surface area contributed by atoms with Crippen LogP contribution in [0.3, 0.4) is 0 Å². The molecular formula is C24H40N6O2. The van der Waals surface area contributed by atoms with Gasteiger partial charge in [0, 0.05) is 44.9 Å². The lowest BCUT2D eigenvalue weighted by Crippen LogP contribution is -2.35. The minimum atomic E-state index is -0.488. The van der Waals surface area contributed by atoms with E-state index in [2.05, 4.69) is 39.5 Å². The molecular weight excluding hydrogens is 404 g/mol. The monoisotopic (exact) mass is 444 g/mol. The highest BCUT2D eigenvalue weighted by Crippen LogP contribution is 2.39. The number of nitrogens with zero attached hydrogens (tertiary/aromatic N) is 4. The third-order valence-electron chi connectivity index (χ3n) is 4.90. The summed E-state index contributed by atoms with van der Waals surface area (Å²) in [5, 5.41) is 10.8. The van der Waals surface area contributed by atoms with Gasteiger partial charge in [-0.05, 0) is 65.5 Å². The quantitative estimate of drug-likeness (QED) is 0.387. The van der Waals surface area contributed by atoms with Crippen LogP contribution in [0.1, 0.15) is 71.9 Å². The number of aromatic amines is 1. The molecule has 1 fully saturated rings. The third kappa shape index (κ3) is 8.77. The zero-order valence-corrected chi connectivity index (χ0v) is 20.7. The van der Waals surface area contributed by atoms with Crippen LogP contribution >= 0.6 is 0 Å². The molecule has 0 aliphatic heterocycles. The molecule has 8 nitrogen and oxygen atoms in total. The van der Waals surface area contributed by atoms with Crippen LogP contribution in [0.25, 0.3) is 0 Å². The Morgan fingerprint density at radius 2 is 2.00 bits per heavy atom. The van der Waals surface area contributed by atoms with Crippen molar-refractivity contribution >= 4 is 17.7 Å². The van der Waals surface area contributed by atoms with Crippen LogP contribution in [-0.4, -0.2) is 64.7 Å². The molecule has 32 heavy (non-hydrogen) atoms. The fourth-order valence-corrected chi connectivity index (χ4v) is 3.08. The molecule has 2 N–H and O–H groups in total. The highest BCUT2D eigenvalue weighted by molar-refractivity contribution is 6.03. The van der Waals surface area contributed by atoms with Crippen molar-refractivity contribution in [3.05, 3.63) is 35.8 Å². The normalized spacial score (nSPS) is 15.2. The molecule has 0 atom stereocenters. The van der Waals surface area contributed by atoms with Crippen LogP contribution in [0.2, 0.25) is 0 Å². The predicted octanol–water partition coefficient (Wildman–Crippen LogP) is 5.11. The van der Waals surface area contributed by atoms with Crippen molar-refractivity contribution < 1.29 is 9.53 Å². The number of amidine groups is 1. The van der Waals surface area contributed by atoms with E-state index in [1.165, 1.54) is 18.5 Å². The van der Waals surface area contributed by atoms with Gasteiger partial charge in [-0.3, -0.25) is 5.10 Å². The van der Waals surface area contributed by atoms with Crippen molar-refractivity contribution in [1.82, 2.24) is 20.0 Å². The fraction of sp³-hybridized carbons (Fsp3) is 0.625. The average molecular weight is 445 g/mol. The second-order valence-corrected chi connectivity index (χ2v) is 9.25. The number of anilines is 1. The lowest BCUT2D eigenvalue weighted by atomic mass is 10.2. The number of rotatable bonds is 10. The summed E-state index contributed by atoms with van der Waals surface area (Å²) in [5.41, 5.74) is 0.695. The Kier molecular flexibility index (Phi) is 9.35. The van der Waals surface area contributed by atoms with Gasteiger partial charge in [-0.15, -0.1) is 0 Å². The lowest BCUT2D eigenvalue weighted by Gasteiger charge is -2.26. The number of allylic oxidation sites excluding steroid dienone is 2. The van der Waals surface area contributed by atoms with Gasteiger partial charge in [0.15, 0.2) is 5.82 Å². The third-order valence-corrected chi connectivity index (χ3v) is 4.90. The van der Waals surface area contributed by atoms with Gasteiger partial charge in [-0.25, -0.2) is 9.79 Å². The Morgan fingerprint density at radius 1 is 1.31 bits per heavy atom. The van der Waals surface area contributed by atoms with E-state index in [9.17, 15) is 4.79 Å². The molecule has 0 saturated heterocycles.